The van der Waals surface area contributed by atoms with Crippen LogP contribution in [0.25, 0.3) is 0 Å². The molecule has 2 heterocycles. The van der Waals surface area contributed by atoms with Crippen LogP contribution < -0.4 is 16.0 Å². The molecule has 2 aromatic rings. The number of rotatable bonds is 9. The van der Waals surface area contributed by atoms with E-state index < -0.39 is 10.0 Å². The van der Waals surface area contributed by atoms with Gasteiger partial charge in [0.1, 0.15) is 11.6 Å². The van der Waals surface area contributed by atoms with Crippen molar-refractivity contribution >= 4 is 33.4 Å². The zero-order valence-corrected chi connectivity index (χ0v) is 16.2. The van der Waals surface area contributed by atoms with Gasteiger partial charge in [-0.1, -0.05) is 6.07 Å². The lowest BCUT2D eigenvalue weighted by Gasteiger charge is -2.13. The average Bonchev–Trinajstić information content (AvgIpc) is 2.61. The van der Waals surface area contributed by atoms with Crippen molar-refractivity contribution in [2.24, 2.45) is 0 Å². The summed E-state index contributed by atoms with van der Waals surface area (Å²) < 4.78 is 23.5. The Kier molecular flexibility index (Phi) is 7.02. The van der Waals surface area contributed by atoms with Crippen LogP contribution in [0.5, 0.6) is 0 Å². The summed E-state index contributed by atoms with van der Waals surface area (Å²) >= 11 is 0. The first-order chi connectivity index (χ1) is 12.7. The van der Waals surface area contributed by atoms with Crippen LogP contribution in [0.3, 0.4) is 0 Å². The first-order valence-electron chi connectivity index (χ1n) is 8.19. The first kappa shape index (κ1) is 20.5. The number of aryl methyl sites for hydroxylation is 1. The molecule has 0 aliphatic rings. The number of sulfonamides is 1. The monoisotopic (exact) mass is 393 g/mol. The van der Waals surface area contributed by atoms with Gasteiger partial charge >= 0.3 is 0 Å². The van der Waals surface area contributed by atoms with E-state index in [0.29, 0.717) is 30.5 Å². The lowest BCUT2D eigenvalue weighted by atomic mass is 10.3. The standard InChI is InChI=1S/C16H23N7O3S/c1-12-4-5-13(19-10-12)20-15-7-6-14(21-22-15)17-8-9-18-16(24)11-23(2)27(3,25)26/h4-7,10H,8-9,11H2,1-3H3,(H,17,21)(H,18,24)(H,19,20,22). The molecule has 0 radical (unpaired) electrons. The predicted octanol–water partition coefficient (Wildman–Crippen LogP) is 0.343. The van der Waals surface area contributed by atoms with Gasteiger partial charge < -0.3 is 16.0 Å². The summed E-state index contributed by atoms with van der Waals surface area (Å²) in [6.45, 7) is 2.50. The second kappa shape index (κ2) is 9.24. The van der Waals surface area contributed by atoms with Crippen molar-refractivity contribution in [1.29, 1.82) is 0 Å². The molecule has 0 saturated carbocycles. The van der Waals surface area contributed by atoms with Crippen LogP contribution in [0.4, 0.5) is 17.5 Å². The van der Waals surface area contributed by atoms with E-state index in [4.69, 9.17) is 0 Å². The minimum Gasteiger partial charge on any atom is -0.367 e. The SMILES string of the molecule is Cc1ccc(Nc2ccc(NCCNC(=O)CN(C)S(C)(=O)=O)nn2)nc1. The van der Waals surface area contributed by atoms with E-state index in [2.05, 4.69) is 31.1 Å². The van der Waals surface area contributed by atoms with Gasteiger partial charge in [0.25, 0.3) is 0 Å². The lowest BCUT2D eigenvalue weighted by Crippen LogP contribution is -2.39. The maximum atomic E-state index is 11.7. The van der Waals surface area contributed by atoms with Crippen molar-refractivity contribution in [2.45, 2.75) is 6.92 Å². The number of amides is 1. The molecule has 2 rings (SSSR count). The van der Waals surface area contributed by atoms with Gasteiger partial charge in [0.05, 0.1) is 12.8 Å². The molecule has 0 unspecified atom stereocenters. The summed E-state index contributed by atoms with van der Waals surface area (Å²) in [6, 6.07) is 7.31. The number of nitrogens with zero attached hydrogens (tertiary/aromatic N) is 4. The molecular formula is C16H23N7O3S. The zero-order valence-electron chi connectivity index (χ0n) is 15.4. The van der Waals surface area contributed by atoms with Crippen LogP contribution in [0.15, 0.2) is 30.5 Å². The smallest absolute Gasteiger partial charge is 0.235 e. The quantitative estimate of drug-likeness (QED) is 0.520. The fourth-order valence-electron chi connectivity index (χ4n) is 1.93. The Morgan fingerprint density at radius 2 is 1.74 bits per heavy atom. The number of likely N-dealkylation sites (N-methyl/N-ethyl adjacent to an activating group) is 1. The summed E-state index contributed by atoms with van der Waals surface area (Å²) in [5, 5.41) is 16.8. The second-order valence-electron chi connectivity index (χ2n) is 5.95. The largest absolute Gasteiger partial charge is 0.367 e. The molecule has 0 aliphatic heterocycles. The van der Waals surface area contributed by atoms with Gasteiger partial charge in [0.15, 0.2) is 5.82 Å². The van der Waals surface area contributed by atoms with E-state index in [-0.39, 0.29) is 12.5 Å². The molecule has 3 N–H and O–H groups in total. The van der Waals surface area contributed by atoms with Crippen LogP contribution >= 0.6 is 0 Å². The van der Waals surface area contributed by atoms with Crippen molar-refractivity contribution in [1.82, 2.24) is 24.8 Å². The van der Waals surface area contributed by atoms with Crippen LogP contribution in [-0.2, 0) is 14.8 Å². The van der Waals surface area contributed by atoms with Crippen molar-refractivity contribution in [3.8, 4) is 0 Å². The highest BCUT2D eigenvalue weighted by Crippen LogP contribution is 2.12. The van der Waals surface area contributed by atoms with Gasteiger partial charge in [0.2, 0.25) is 15.9 Å². The molecule has 0 saturated heterocycles. The summed E-state index contributed by atoms with van der Waals surface area (Å²) in [5.74, 6) is 1.42. The Morgan fingerprint density at radius 1 is 1.07 bits per heavy atom. The Labute approximate surface area is 158 Å². The van der Waals surface area contributed by atoms with E-state index in [0.717, 1.165) is 16.1 Å². The topological polar surface area (TPSA) is 129 Å². The van der Waals surface area contributed by atoms with Gasteiger partial charge in [-0.25, -0.2) is 13.4 Å². The third kappa shape index (κ3) is 7.15. The molecule has 0 fully saturated rings. The summed E-state index contributed by atoms with van der Waals surface area (Å²) in [6.07, 6.45) is 2.81. The third-order valence-corrected chi connectivity index (χ3v) is 4.78. The molecule has 0 atom stereocenters. The number of hydrogen-bond donors (Lipinski definition) is 3. The second-order valence-corrected chi connectivity index (χ2v) is 8.03. The molecule has 2 aromatic heterocycles. The van der Waals surface area contributed by atoms with Crippen molar-refractivity contribution < 1.29 is 13.2 Å². The van der Waals surface area contributed by atoms with Gasteiger partial charge in [0, 0.05) is 26.3 Å². The predicted molar refractivity (Wildman–Crippen MR) is 103 cm³/mol. The highest BCUT2D eigenvalue weighted by atomic mass is 32.2. The van der Waals surface area contributed by atoms with Gasteiger partial charge in [-0.2, -0.15) is 4.31 Å². The molecule has 0 aliphatic carbocycles. The van der Waals surface area contributed by atoms with Crippen LogP contribution in [-0.4, -0.2) is 66.7 Å². The zero-order chi connectivity index (χ0) is 19.9. The van der Waals surface area contributed by atoms with Crippen LogP contribution in [0.2, 0.25) is 0 Å². The maximum absolute atomic E-state index is 11.7. The summed E-state index contributed by atoms with van der Waals surface area (Å²) in [7, 11) is -2.02. The Bertz CT molecular complexity index is 855. The highest BCUT2D eigenvalue weighted by Gasteiger charge is 2.14. The third-order valence-electron chi connectivity index (χ3n) is 3.52. The van der Waals surface area contributed by atoms with Crippen LogP contribution in [0.1, 0.15) is 5.56 Å². The molecule has 146 valence electrons. The Balaban J connectivity index is 1.72. The van der Waals surface area contributed by atoms with Crippen molar-refractivity contribution in [2.75, 3.05) is 43.6 Å². The molecular weight excluding hydrogens is 370 g/mol. The van der Waals surface area contributed by atoms with E-state index in [1.807, 2.05) is 19.1 Å². The van der Waals surface area contributed by atoms with Gasteiger partial charge in [-0.05, 0) is 30.7 Å². The Hall–Kier alpha value is -2.79. The molecule has 0 spiro atoms. The number of aromatic nitrogens is 3. The normalized spacial score (nSPS) is 11.3. The summed E-state index contributed by atoms with van der Waals surface area (Å²) in [5.41, 5.74) is 1.07. The highest BCUT2D eigenvalue weighted by molar-refractivity contribution is 7.88. The molecule has 10 nitrogen and oxygen atoms in total. The van der Waals surface area contributed by atoms with E-state index in [1.165, 1.54) is 7.05 Å². The first-order valence-corrected chi connectivity index (χ1v) is 10.0. The van der Waals surface area contributed by atoms with Gasteiger partial charge in [-0.3, -0.25) is 4.79 Å². The molecule has 0 aromatic carbocycles. The van der Waals surface area contributed by atoms with E-state index in [1.54, 1.807) is 18.3 Å². The lowest BCUT2D eigenvalue weighted by molar-refractivity contribution is -0.121. The minimum absolute atomic E-state index is 0.216. The number of carbonyl (C=O) groups excluding carboxylic acids is 1. The van der Waals surface area contributed by atoms with Crippen LogP contribution in [0, 0.1) is 6.92 Å². The summed E-state index contributed by atoms with van der Waals surface area (Å²) in [4.78, 5) is 15.9. The number of anilines is 3. The number of hydrogen-bond acceptors (Lipinski definition) is 8. The van der Waals surface area contributed by atoms with E-state index in [9.17, 15) is 13.2 Å². The number of carbonyl (C=O) groups is 1. The fourth-order valence-corrected chi connectivity index (χ4v) is 2.29. The maximum Gasteiger partial charge on any atom is 0.235 e. The van der Waals surface area contributed by atoms with E-state index >= 15 is 0 Å². The minimum atomic E-state index is -3.37. The fraction of sp³-hybridized carbons (Fsp3) is 0.375. The van der Waals surface area contributed by atoms with Crippen molar-refractivity contribution in [3.63, 3.8) is 0 Å². The number of pyridine rings is 1. The van der Waals surface area contributed by atoms with Crippen molar-refractivity contribution in [3.05, 3.63) is 36.0 Å². The molecule has 27 heavy (non-hydrogen) atoms. The average molecular weight is 393 g/mol. The molecule has 11 heteroatoms. The van der Waals surface area contributed by atoms with Gasteiger partial charge in [-0.15, -0.1) is 10.2 Å². The number of nitrogens with one attached hydrogen (secondary N) is 3. The molecule has 0 bridgehead atoms. The Morgan fingerprint density at radius 3 is 2.33 bits per heavy atom. The molecule has 1 amide bonds.